The monoisotopic (exact) mass is 284 g/mol. The minimum Gasteiger partial charge on any atom is -0.784 e. The van der Waals surface area contributed by atoms with E-state index in [1.54, 1.807) is 0 Å². The molecule has 0 N–H and O–H groups in total. The maximum Gasteiger partial charge on any atom is 1.00 e. The van der Waals surface area contributed by atoms with Crippen LogP contribution in [0.3, 0.4) is 0 Å². The first-order valence-electron chi connectivity index (χ1n) is 0.500. The molecule has 0 bridgehead atoms. The van der Waals surface area contributed by atoms with E-state index in [9.17, 15) is 0 Å². The zero-order chi connectivity index (χ0) is 3.58. The molecule has 0 radical (unpaired) electrons. The van der Waals surface area contributed by atoms with E-state index in [0.29, 0.717) is 0 Å². The molecule has 3 nitrogen and oxygen atoms in total. The average Bonchev–Trinajstić information content (AvgIpc) is 0.811. The van der Waals surface area contributed by atoms with Gasteiger partial charge in [-0.2, -0.15) is 0 Å². The summed E-state index contributed by atoms with van der Waals surface area (Å²) in [5, 5.41) is 0. The SMILES string of the molecule is O=S([O-])[O-].[Au+].[Li+]. The molecular weight excluding hydrogens is 284 g/mol. The molecule has 0 heterocycles. The van der Waals surface area contributed by atoms with Gasteiger partial charge in [0, 0.05) is 0 Å². The zero-order valence-corrected chi connectivity index (χ0v) is 5.92. The summed E-state index contributed by atoms with van der Waals surface area (Å²) in [4.78, 5) is 0. The van der Waals surface area contributed by atoms with Crippen LogP contribution in [0.5, 0.6) is 0 Å². The van der Waals surface area contributed by atoms with Crippen LogP contribution in [-0.2, 0) is 33.7 Å². The molecule has 6 heavy (non-hydrogen) atoms. The van der Waals surface area contributed by atoms with Gasteiger partial charge in [0.2, 0.25) is 0 Å². The Balaban J connectivity index is -0.0000000450. The number of hydrogen-bond acceptors (Lipinski definition) is 3. The molecule has 6 heteroatoms. The summed E-state index contributed by atoms with van der Waals surface area (Å²) in [7, 11) is 0. The van der Waals surface area contributed by atoms with Crippen LogP contribution < -0.4 is 18.9 Å². The van der Waals surface area contributed by atoms with Crippen molar-refractivity contribution in [1.82, 2.24) is 0 Å². The van der Waals surface area contributed by atoms with Crippen LogP contribution in [0.1, 0.15) is 0 Å². The Morgan fingerprint density at radius 1 is 1.33 bits per heavy atom. The molecule has 0 fully saturated rings. The molecule has 0 saturated carbocycles. The Morgan fingerprint density at radius 2 is 1.33 bits per heavy atom. The first kappa shape index (κ1) is 15.7. The van der Waals surface area contributed by atoms with Crippen LogP contribution >= 0.6 is 0 Å². The van der Waals surface area contributed by atoms with Gasteiger partial charge in [-0.1, -0.05) is 0 Å². The van der Waals surface area contributed by atoms with Crippen LogP contribution in [0.15, 0.2) is 0 Å². The van der Waals surface area contributed by atoms with Gasteiger partial charge in [-0.3, -0.25) is 4.21 Å². The topological polar surface area (TPSA) is 63.2 Å². The molecule has 0 atom stereocenters. The van der Waals surface area contributed by atoms with Gasteiger partial charge >= 0.3 is 41.2 Å². The average molecular weight is 284 g/mol. The predicted octanol–water partition coefficient (Wildman–Crippen LogP) is -4.00. The van der Waals surface area contributed by atoms with Gasteiger partial charge < -0.3 is 9.11 Å². The molecule has 0 aromatic carbocycles. The number of hydrogen-bond donors (Lipinski definition) is 0. The first-order valence-corrected chi connectivity index (χ1v) is 1.50. The molecule has 0 aromatic heterocycles. The minimum atomic E-state index is -3.11. The van der Waals surface area contributed by atoms with E-state index in [1.807, 2.05) is 0 Å². The van der Waals surface area contributed by atoms with E-state index >= 15 is 0 Å². The van der Waals surface area contributed by atoms with Crippen LogP contribution in [0, 0.1) is 0 Å². The molecule has 0 aliphatic rings. The van der Waals surface area contributed by atoms with Gasteiger partial charge in [0.1, 0.15) is 0 Å². The molecule has 0 spiro atoms. The van der Waals surface area contributed by atoms with Crippen molar-refractivity contribution in [1.29, 1.82) is 0 Å². The fraction of sp³-hybridized carbons (Fsp3) is 0. The summed E-state index contributed by atoms with van der Waals surface area (Å²) in [6.45, 7) is 0. The van der Waals surface area contributed by atoms with Crippen molar-refractivity contribution in [2.75, 3.05) is 0 Å². The fourth-order valence-corrected chi connectivity index (χ4v) is 0. The van der Waals surface area contributed by atoms with Crippen molar-refractivity contribution < 1.29 is 54.6 Å². The third kappa shape index (κ3) is 53.0. The second-order valence-corrected chi connectivity index (χ2v) is 0.612. The fourth-order valence-electron chi connectivity index (χ4n) is 0. The Morgan fingerprint density at radius 3 is 1.33 bits per heavy atom. The smallest absolute Gasteiger partial charge is 0.784 e. The Kier molecular flexibility index (Phi) is 25.2. The van der Waals surface area contributed by atoms with E-state index < -0.39 is 11.4 Å². The third-order valence-corrected chi connectivity index (χ3v) is 0. The normalized spacial score (nSPS) is 5.83. The van der Waals surface area contributed by atoms with Crippen molar-refractivity contribution in [3.8, 4) is 0 Å². The largest absolute Gasteiger partial charge is 1.00 e. The van der Waals surface area contributed by atoms with Gasteiger partial charge in [-0.15, -0.1) is 11.4 Å². The summed E-state index contributed by atoms with van der Waals surface area (Å²) in [5.41, 5.74) is 0. The van der Waals surface area contributed by atoms with Crippen molar-refractivity contribution in [3.63, 3.8) is 0 Å². The summed E-state index contributed by atoms with van der Waals surface area (Å²) < 4.78 is 25.3. The van der Waals surface area contributed by atoms with Crippen molar-refractivity contribution >= 4 is 11.4 Å². The van der Waals surface area contributed by atoms with Gasteiger partial charge in [-0.05, 0) is 0 Å². The molecule has 0 rings (SSSR count). The van der Waals surface area contributed by atoms with Crippen molar-refractivity contribution in [2.24, 2.45) is 0 Å². The third-order valence-electron chi connectivity index (χ3n) is 0. The van der Waals surface area contributed by atoms with Crippen LogP contribution in [0.25, 0.3) is 0 Å². The standard InChI is InChI=1S/Au.Li.H2O3S/c;;1-4(2)3/h;;(H2,1,2,3)/q2*+1;/p-2. The number of rotatable bonds is 0. The van der Waals surface area contributed by atoms with E-state index in [0.717, 1.165) is 0 Å². The molecule has 0 aliphatic heterocycles. The van der Waals surface area contributed by atoms with E-state index in [2.05, 4.69) is 0 Å². The maximum absolute atomic E-state index is 8.44. The van der Waals surface area contributed by atoms with E-state index in [1.165, 1.54) is 0 Å². The van der Waals surface area contributed by atoms with Gasteiger partial charge in [0.15, 0.2) is 0 Å². The van der Waals surface area contributed by atoms with Gasteiger partial charge in [-0.25, -0.2) is 0 Å². The summed E-state index contributed by atoms with van der Waals surface area (Å²) in [6.07, 6.45) is 0. The summed E-state index contributed by atoms with van der Waals surface area (Å²) >= 11 is -3.11. The zero-order valence-electron chi connectivity index (χ0n) is 2.93. The van der Waals surface area contributed by atoms with Crippen molar-refractivity contribution in [2.45, 2.75) is 0 Å². The second kappa shape index (κ2) is 9.64. The van der Waals surface area contributed by atoms with E-state index in [-0.39, 0.29) is 41.2 Å². The molecule has 0 unspecified atom stereocenters. The Bertz CT molecular complexity index is 33.8. The molecule has 0 aliphatic carbocycles. The van der Waals surface area contributed by atoms with Crippen LogP contribution in [0.4, 0.5) is 0 Å². The van der Waals surface area contributed by atoms with Crippen LogP contribution in [0.2, 0.25) is 0 Å². The molecular formula is AuLiO3S. The maximum atomic E-state index is 8.44. The molecule has 0 saturated heterocycles. The quantitative estimate of drug-likeness (QED) is 0.336. The molecule has 0 aromatic rings. The summed E-state index contributed by atoms with van der Waals surface area (Å²) in [5.74, 6) is 0. The Hall–Kier alpha value is 1.41. The van der Waals surface area contributed by atoms with Gasteiger partial charge in [0.05, 0.1) is 0 Å². The molecule has 0 amide bonds. The summed E-state index contributed by atoms with van der Waals surface area (Å²) in [6, 6.07) is 0. The molecule has 36 valence electrons. The van der Waals surface area contributed by atoms with Gasteiger partial charge in [0.25, 0.3) is 0 Å². The Labute approximate surface area is 65.7 Å². The second-order valence-electron chi connectivity index (χ2n) is 0.204. The van der Waals surface area contributed by atoms with E-state index in [4.69, 9.17) is 13.3 Å². The van der Waals surface area contributed by atoms with Crippen molar-refractivity contribution in [3.05, 3.63) is 0 Å². The minimum absolute atomic E-state index is 0. The predicted molar refractivity (Wildman–Crippen MR) is 9.70 cm³/mol. The van der Waals surface area contributed by atoms with Crippen LogP contribution in [-0.4, -0.2) is 13.3 Å². The first-order chi connectivity index (χ1) is 1.73.